The molecular weight excluding hydrogens is 435 g/mol. The largest absolute Gasteiger partial charge is 0.449 e. The van der Waals surface area contributed by atoms with Crippen LogP contribution in [0, 0.1) is 0 Å². The first-order valence-corrected chi connectivity index (χ1v) is 10.2. The number of rotatable bonds is 5. The summed E-state index contributed by atoms with van der Waals surface area (Å²) in [6.45, 7) is 0.348. The zero-order valence-electron chi connectivity index (χ0n) is 17.6. The zero-order valence-corrected chi connectivity index (χ0v) is 17.6. The quantitative estimate of drug-likeness (QED) is 0.410. The number of alkyl halides is 3. The fraction of sp³-hybridized carbons (Fsp3) is 0.200. The van der Waals surface area contributed by atoms with Gasteiger partial charge >= 0.3 is 18.2 Å². The van der Waals surface area contributed by atoms with Crippen LogP contribution in [0.15, 0.2) is 78.9 Å². The molecule has 1 aliphatic rings. The third-order valence-corrected chi connectivity index (χ3v) is 5.62. The second-order valence-electron chi connectivity index (χ2n) is 7.78. The van der Waals surface area contributed by atoms with Gasteiger partial charge in [0.15, 0.2) is 0 Å². The molecule has 1 amide bonds. The van der Waals surface area contributed by atoms with Crippen molar-refractivity contribution < 1.29 is 32.2 Å². The van der Waals surface area contributed by atoms with Gasteiger partial charge in [0, 0.05) is 5.92 Å². The number of benzene rings is 3. The van der Waals surface area contributed by atoms with Gasteiger partial charge in [-0.05, 0) is 41.3 Å². The number of hydrogen-bond donors (Lipinski definition) is 1. The number of para-hydroxylation sites is 1. The number of halogens is 3. The van der Waals surface area contributed by atoms with E-state index in [2.05, 4.69) is 0 Å². The van der Waals surface area contributed by atoms with Crippen molar-refractivity contribution in [3.05, 3.63) is 90.0 Å². The molecule has 0 aliphatic heterocycles. The number of fused-ring (bicyclic) bond motifs is 3. The molecule has 33 heavy (non-hydrogen) atoms. The Kier molecular flexibility index (Phi) is 5.84. The summed E-state index contributed by atoms with van der Waals surface area (Å²) in [6, 6.07) is 22.4. The minimum absolute atomic E-state index is 0.0766. The minimum Gasteiger partial charge on any atom is -0.449 e. The Morgan fingerprint density at radius 3 is 1.91 bits per heavy atom. The highest BCUT2D eigenvalue weighted by Crippen LogP contribution is 2.44. The van der Waals surface area contributed by atoms with Crippen molar-refractivity contribution in [3.63, 3.8) is 0 Å². The molecule has 5 nitrogen and oxygen atoms in total. The van der Waals surface area contributed by atoms with E-state index < -0.39 is 23.8 Å². The van der Waals surface area contributed by atoms with Crippen molar-refractivity contribution in [2.45, 2.75) is 24.6 Å². The van der Waals surface area contributed by atoms with Crippen LogP contribution in [0.3, 0.4) is 0 Å². The minimum atomic E-state index is -5.12. The number of amides is 1. The summed E-state index contributed by atoms with van der Waals surface area (Å²) in [5.41, 5.74) is 0.482. The number of carbonyl (C=O) groups is 2. The van der Waals surface area contributed by atoms with E-state index in [4.69, 9.17) is 9.47 Å². The van der Waals surface area contributed by atoms with Crippen LogP contribution in [-0.2, 0) is 9.53 Å². The van der Waals surface area contributed by atoms with Gasteiger partial charge in [-0.3, -0.25) is 5.32 Å². The van der Waals surface area contributed by atoms with Crippen LogP contribution >= 0.6 is 0 Å². The second kappa shape index (κ2) is 8.61. The van der Waals surface area contributed by atoms with Gasteiger partial charge in [-0.2, -0.15) is 13.2 Å². The molecule has 4 rings (SSSR count). The summed E-state index contributed by atoms with van der Waals surface area (Å²) >= 11 is 0. The van der Waals surface area contributed by atoms with Gasteiger partial charge in [0.05, 0.1) is 0 Å². The lowest BCUT2D eigenvalue weighted by atomic mass is 9.98. The summed E-state index contributed by atoms with van der Waals surface area (Å²) in [5.74, 6) is -2.08. The first-order valence-electron chi connectivity index (χ1n) is 10.2. The number of alkyl carbamates (subject to hydrolysis) is 1. The van der Waals surface area contributed by atoms with Crippen molar-refractivity contribution in [2.75, 3.05) is 6.61 Å². The van der Waals surface area contributed by atoms with Crippen LogP contribution in [0.2, 0.25) is 0 Å². The molecule has 3 aromatic carbocycles. The third kappa shape index (κ3) is 4.28. The second-order valence-corrected chi connectivity index (χ2v) is 7.78. The molecule has 0 unspecified atom stereocenters. The predicted octanol–water partition coefficient (Wildman–Crippen LogP) is 5.45. The lowest BCUT2D eigenvalue weighted by Crippen LogP contribution is -2.63. The maximum Gasteiger partial charge on any atom is 0.422 e. The van der Waals surface area contributed by atoms with E-state index >= 15 is 0 Å². The standard InChI is InChI=1S/C25H20F3NO4/c1-24(25(26,27)28,22(30)33-16-9-3-2-4-10-16)29-23(31)32-15-21-19-13-7-5-11-17(19)18-12-6-8-14-20(18)21/h2-14,21H,15H2,1H3,(H,29,31)/t24-/m0/s1. The Balaban J connectivity index is 1.49. The normalized spacial score (nSPS) is 14.5. The first-order chi connectivity index (χ1) is 15.7. The Labute approximate surface area is 188 Å². The van der Waals surface area contributed by atoms with Crippen LogP contribution in [0.5, 0.6) is 5.75 Å². The molecule has 0 bridgehead atoms. The third-order valence-electron chi connectivity index (χ3n) is 5.62. The van der Waals surface area contributed by atoms with Crippen LogP contribution in [0.4, 0.5) is 18.0 Å². The molecule has 3 aromatic rings. The molecule has 8 heteroatoms. The number of hydrogen-bond acceptors (Lipinski definition) is 4. The number of carbonyl (C=O) groups excluding carboxylic acids is 2. The molecule has 0 radical (unpaired) electrons. The smallest absolute Gasteiger partial charge is 0.422 e. The Morgan fingerprint density at radius 2 is 1.36 bits per heavy atom. The molecule has 0 saturated carbocycles. The number of nitrogens with one attached hydrogen (secondary N) is 1. The molecule has 170 valence electrons. The van der Waals surface area contributed by atoms with Crippen molar-refractivity contribution in [2.24, 2.45) is 0 Å². The average molecular weight is 455 g/mol. The summed E-state index contributed by atoms with van der Waals surface area (Å²) in [5, 5.41) is 1.66. The van der Waals surface area contributed by atoms with E-state index in [0.717, 1.165) is 22.3 Å². The monoisotopic (exact) mass is 455 g/mol. The molecular formula is C25H20F3NO4. The van der Waals surface area contributed by atoms with Crippen LogP contribution in [0.1, 0.15) is 24.0 Å². The van der Waals surface area contributed by atoms with Crippen LogP contribution in [-0.4, -0.2) is 30.4 Å². The predicted molar refractivity (Wildman–Crippen MR) is 115 cm³/mol. The molecule has 1 atom stereocenters. The van der Waals surface area contributed by atoms with E-state index in [0.29, 0.717) is 6.92 Å². The van der Waals surface area contributed by atoms with Crippen molar-refractivity contribution in [1.82, 2.24) is 5.32 Å². The topological polar surface area (TPSA) is 64.6 Å². The van der Waals surface area contributed by atoms with E-state index in [-0.39, 0.29) is 18.3 Å². The lowest BCUT2D eigenvalue weighted by molar-refractivity contribution is -0.202. The van der Waals surface area contributed by atoms with Crippen LogP contribution in [0.25, 0.3) is 11.1 Å². The average Bonchev–Trinajstić information content (AvgIpc) is 3.11. The molecule has 0 heterocycles. The van der Waals surface area contributed by atoms with Gasteiger partial charge in [-0.15, -0.1) is 0 Å². The Bertz CT molecular complexity index is 1130. The van der Waals surface area contributed by atoms with Gasteiger partial charge in [-0.1, -0.05) is 66.7 Å². The lowest BCUT2D eigenvalue weighted by Gasteiger charge is -2.30. The van der Waals surface area contributed by atoms with Crippen molar-refractivity contribution in [3.8, 4) is 16.9 Å². The molecule has 0 fully saturated rings. The number of esters is 1. The van der Waals surface area contributed by atoms with E-state index in [1.807, 2.05) is 48.5 Å². The van der Waals surface area contributed by atoms with E-state index in [9.17, 15) is 22.8 Å². The Hall–Kier alpha value is -3.81. The van der Waals surface area contributed by atoms with E-state index in [1.165, 1.54) is 24.3 Å². The molecule has 0 spiro atoms. The number of ether oxygens (including phenoxy) is 2. The van der Waals surface area contributed by atoms with Gasteiger partial charge in [0.1, 0.15) is 12.4 Å². The highest BCUT2D eigenvalue weighted by atomic mass is 19.4. The van der Waals surface area contributed by atoms with Crippen molar-refractivity contribution >= 4 is 12.1 Å². The van der Waals surface area contributed by atoms with Gasteiger partial charge in [0.2, 0.25) is 5.54 Å². The SMILES string of the molecule is C[C@](NC(=O)OCC1c2ccccc2-c2ccccc21)(C(=O)Oc1ccccc1)C(F)(F)F. The summed E-state index contributed by atoms with van der Waals surface area (Å²) in [6.07, 6.45) is -6.49. The molecule has 0 saturated heterocycles. The Morgan fingerprint density at radius 1 is 0.848 bits per heavy atom. The maximum atomic E-state index is 13.8. The highest BCUT2D eigenvalue weighted by Gasteiger charge is 2.60. The molecule has 1 N–H and O–H groups in total. The first kappa shape index (κ1) is 22.4. The molecule has 1 aliphatic carbocycles. The highest BCUT2D eigenvalue weighted by molar-refractivity contribution is 5.88. The fourth-order valence-corrected chi connectivity index (χ4v) is 3.77. The summed E-state index contributed by atoms with van der Waals surface area (Å²) in [7, 11) is 0. The van der Waals surface area contributed by atoms with Gasteiger partial charge < -0.3 is 9.47 Å². The van der Waals surface area contributed by atoms with E-state index in [1.54, 1.807) is 11.4 Å². The van der Waals surface area contributed by atoms with Crippen molar-refractivity contribution in [1.29, 1.82) is 0 Å². The van der Waals surface area contributed by atoms with Crippen LogP contribution < -0.4 is 10.1 Å². The molecule has 0 aromatic heterocycles. The zero-order chi connectivity index (χ0) is 23.6. The maximum absolute atomic E-state index is 13.8. The van der Waals surface area contributed by atoms with Gasteiger partial charge in [0.25, 0.3) is 0 Å². The summed E-state index contributed by atoms with van der Waals surface area (Å²) < 4.78 is 51.4. The van der Waals surface area contributed by atoms with Gasteiger partial charge in [-0.25, -0.2) is 9.59 Å². The summed E-state index contributed by atoms with van der Waals surface area (Å²) in [4.78, 5) is 24.8. The fourth-order valence-electron chi connectivity index (χ4n) is 3.77.